The van der Waals surface area contributed by atoms with Crippen molar-refractivity contribution in [2.45, 2.75) is 56.8 Å². The van der Waals surface area contributed by atoms with Crippen molar-refractivity contribution in [1.29, 1.82) is 0 Å². The summed E-state index contributed by atoms with van der Waals surface area (Å²) in [6, 6.07) is 6.81. The highest BCUT2D eigenvalue weighted by Crippen LogP contribution is 2.33. The second-order valence-corrected chi connectivity index (χ2v) is 11.4. The Kier molecular flexibility index (Phi) is 10.3. The van der Waals surface area contributed by atoms with E-state index in [2.05, 4.69) is 15.7 Å². The quantitative estimate of drug-likeness (QED) is 0.495. The van der Waals surface area contributed by atoms with Crippen molar-refractivity contribution >= 4 is 23.6 Å². The van der Waals surface area contributed by atoms with Crippen LogP contribution in [0.3, 0.4) is 0 Å². The minimum Gasteiger partial charge on any atom is -0.493 e. The predicted molar refractivity (Wildman–Crippen MR) is 161 cm³/mol. The lowest BCUT2D eigenvalue weighted by atomic mass is 10.1. The van der Waals surface area contributed by atoms with Gasteiger partial charge in [0, 0.05) is 57.9 Å². The van der Waals surface area contributed by atoms with Crippen molar-refractivity contribution in [1.82, 2.24) is 30.2 Å². The maximum atomic E-state index is 13.4. The first-order valence-corrected chi connectivity index (χ1v) is 15.4. The van der Waals surface area contributed by atoms with Crippen molar-refractivity contribution < 1.29 is 33.4 Å². The molecule has 0 aliphatic carbocycles. The Hall–Kier alpha value is -4.46. The standard InChI is InChI=1S/C31H40N6O8/c1-35-27(38)11-9-22(34-35)30(41)36-14-4-3-12-33-29(40)23-18-21(19-37(23)31(42)25-7-5-16-44-25)45-26-17-20(8-10-24(26)43-2)28(39)32-13-6-15-36/h8-11,17,21,23,25H,3-7,12-16,18-19H2,1-2H3,(H,32,39)(H,33,40)/t21-,23-,25+/m0/s1. The van der Waals surface area contributed by atoms with E-state index in [9.17, 15) is 24.0 Å². The molecule has 3 atom stereocenters. The lowest BCUT2D eigenvalue weighted by Gasteiger charge is -2.26. The van der Waals surface area contributed by atoms with Gasteiger partial charge in [-0.3, -0.25) is 24.0 Å². The highest BCUT2D eigenvalue weighted by atomic mass is 16.5. The second kappa shape index (κ2) is 14.5. The number of rotatable bonds is 3. The van der Waals surface area contributed by atoms with E-state index < -0.39 is 18.2 Å². The molecule has 14 nitrogen and oxygen atoms in total. The summed E-state index contributed by atoms with van der Waals surface area (Å²) in [5.41, 5.74) is 0.174. The molecule has 2 aromatic rings. The number of nitrogens with one attached hydrogen (secondary N) is 2. The van der Waals surface area contributed by atoms with Crippen LogP contribution >= 0.6 is 0 Å². The third-order valence-electron chi connectivity index (χ3n) is 8.28. The summed E-state index contributed by atoms with van der Waals surface area (Å²) in [6.07, 6.45) is 2.21. The Morgan fingerprint density at radius 3 is 2.56 bits per heavy atom. The zero-order valence-electron chi connectivity index (χ0n) is 25.7. The fourth-order valence-electron chi connectivity index (χ4n) is 5.85. The van der Waals surface area contributed by atoms with E-state index in [1.165, 1.54) is 31.2 Å². The summed E-state index contributed by atoms with van der Waals surface area (Å²) >= 11 is 0. The van der Waals surface area contributed by atoms with Gasteiger partial charge in [0.1, 0.15) is 23.9 Å². The molecule has 242 valence electrons. The van der Waals surface area contributed by atoms with Crippen LogP contribution in [0.2, 0.25) is 0 Å². The lowest BCUT2D eigenvalue weighted by molar-refractivity contribution is -0.145. The number of aryl methyl sites for hydroxylation is 1. The minimum atomic E-state index is -0.750. The fraction of sp³-hybridized carbons (Fsp3) is 0.548. The highest BCUT2D eigenvalue weighted by molar-refractivity contribution is 5.95. The SMILES string of the molecule is COc1ccc2cc1O[C@H]1C[C@@H](C(=O)NCCCCN(C(=O)c3ccc(=O)n(C)n3)CCCNC2=O)N(C(=O)[C@H]2CCCO2)C1. The Morgan fingerprint density at radius 1 is 1.00 bits per heavy atom. The molecule has 4 heterocycles. The van der Waals surface area contributed by atoms with Crippen LogP contribution in [0, 0.1) is 0 Å². The first-order valence-electron chi connectivity index (χ1n) is 15.4. The van der Waals surface area contributed by atoms with Crippen LogP contribution in [0.15, 0.2) is 35.1 Å². The molecule has 45 heavy (non-hydrogen) atoms. The Bertz CT molecular complexity index is 1470. The first-order chi connectivity index (χ1) is 21.7. The summed E-state index contributed by atoms with van der Waals surface area (Å²) in [4.78, 5) is 68.2. The topological polar surface area (TPSA) is 161 Å². The molecule has 5 rings (SSSR count). The third kappa shape index (κ3) is 7.62. The number of amides is 4. The summed E-state index contributed by atoms with van der Waals surface area (Å²) in [6.45, 7) is 2.09. The predicted octanol–water partition coefficient (Wildman–Crippen LogP) is 0.489. The van der Waals surface area contributed by atoms with Gasteiger partial charge < -0.3 is 34.6 Å². The van der Waals surface area contributed by atoms with Crippen LogP contribution in [0.5, 0.6) is 11.5 Å². The normalized spacial score (nSPS) is 23.2. The zero-order chi connectivity index (χ0) is 31.9. The first kappa shape index (κ1) is 31.9. The molecule has 0 spiro atoms. The van der Waals surface area contributed by atoms with Gasteiger partial charge in [0.15, 0.2) is 11.5 Å². The average molecular weight is 625 g/mol. The molecule has 0 saturated carbocycles. The Balaban J connectivity index is 1.36. The lowest BCUT2D eigenvalue weighted by Crippen LogP contribution is -2.49. The molecule has 2 fully saturated rings. The van der Waals surface area contributed by atoms with Gasteiger partial charge >= 0.3 is 0 Å². The third-order valence-corrected chi connectivity index (χ3v) is 8.28. The van der Waals surface area contributed by atoms with Crippen LogP contribution in [0.1, 0.15) is 59.4 Å². The molecule has 0 unspecified atom stereocenters. The smallest absolute Gasteiger partial charge is 0.274 e. The highest BCUT2D eigenvalue weighted by Gasteiger charge is 2.43. The average Bonchev–Trinajstić information content (AvgIpc) is 3.73. The number of carbonyl (C=O) groups is 4. The fourth-order valence-corrected chi connectivity index (χ4v) is 5.85. The maximum Gasteiger partial charge on any atom is 0.274 e. The zero-order valence-corrected chi connectivity index (χ0v) is 25.7. The van der Waals surface area contributed by atoms with E-state index >= 15 is 0 Å². The van der Waals surface area contributed by atoms with Crippen LogP contribution in [0.25, 0.3) is 0 Å². The maximum absolute atomic E-state index is 13.4. The molecular formula is C31H40N6O8. The van der Waals surface area contributed by atoms with Gasteiger partial charge in [-0.25, -0.2) is 4.68 Å². The summed E-state index contributed by atoms with van der Waals surface area (Å²) in [5.74, 6) is -0.417. The van der Waals surface area contributed by atoms with Crippen molar-refractivity contribution in [3.8, 4) is 11.5 Å². The van der Waals surface area contributed by atoms with Crippen molar-refractivity contribution in [3.63, 3.8) is 0 Å². The van der Waals surface area contributed by atoms with Crippen LogP contribution in [-0.4, -0.2) is 108 Å². The molecule has 3 aliphatic heterocycles. The van der Waals surface area contributed by atoms with Crippen molar-refractivity contribution in [3.05, 3.63) is 51.9 Å². The van der Waals surface area contributed by atoms with Gasteiger partial charge in [-0.2, -0.15) is 5.10 Å². The van der Waals surface area contributed by atoms with E-state index in [-0.39, 0.29) is 47.8 Å². The second-order valence-electron chi connectivity index (χ2n) is 11.4. The summed E-state index contributed by atoms with van der Waals surface area (Å²) in [7, 11) is 2.98. The molecule has 14 heteroatoms. The molecule has 3 aliphatic rings. The number of hydrogen-bond donors (Lipinski definition) is 2. The van der Waals surface area contributed by atoms with Gasteiger partial charge in [-0.05, 0) is 56.4 Å². The van der Waals surface area contributed by atoms with Gasteiger partial charge in [-0.15, -0.1) is 0 Å². The number of aromatic nitrogens is 2. The number of ether oxygens (including phenoxy) is 3. The van der Waals surface area contributed by atoms with Crippen molar-refractivity contribution in [2.75, 3.05) is 46.4 Å². The van der Waals surface area contributed by atoms with Crippen molar-refractivity contribution in [2.24, 2.45) is 7.05 Å². The monoisotopic (exact) mass is 624 g/mol. The van der Waals surface area contributed by atoms with E-state index in [1.54, 1.807) is 23.1 Å². The molecule has 0 radical (unpaired) electrons. The Labute approximate surface area is 261 Å². The summed E-state index contributed by atoms with van der Waals surface area (Å²) in [5, 5.41) is 9.96. The number of benzene rings is 1. The van der Waals surface area contributed by atoms with Gasteiger partial charge in [0.2, 0.25) is 5.91 Å². The number of nitrogens with zero attached hydrogens (tertiary/aromatic N) is 4. The van der Waals surface area contributed by atoms with Gasteiger partial charge in [0.25, 0.3) is 23.3 Å². The molecule has 2 N–H and O–H groups in total. The number of likely N-dealkylation sites (tertiary alicyclic amines) is 1. The van der Waals surface area contributed by atoms with Crippen LogP contribution in [0.4, 0.5) is 0 Å². The van der Waals surface area contributed by atoms with E-state index in [0.717, 1.165) is 11.1 Å². The van der Waals surface area contributed by atoms with E-state index in [1.807, 2.05) is 0 Å². The Morgan fingerprint density at radius 2 is 1.80 bits per heavy atom. The molecule has 2 saturated heterocycles. The van der Waals surface area contributed by atoms with E-state index in [4.69, 9.17) is 14.2 Å². The minimum absolute atomic E-state index is 0.144. The number of methoxy groups -OCH3 is 1. The van der Waals surface area contributed by atoms with E-state index in [0.29, 0.717) is 75.5 Å². The number of fused-ring (bicyclic) bond motifs is 4. The summed E-state index contributed by atoms with van der Waals surface area (Å²) < 4.78 is 18.5. The molecule has 4 amide bonds. The van der Waals surface area contributed by atoms with Crippen LogP contribution < -0.4 is 25.7 Å². The number of hydrogen-bond acceptors (Lipinski definition) is 9. The number of carbonyl (C=O) groups excluding carboxylic acids is 4. The van der Waals surface area contributed by atoms with Crippen LogP contribution in [-0.2, 0) is 21.4 Å². The molecule has 1 aromatic heterocycles. The molecular weight excluding hydrogens is 584 g/mol. The molecule has 1 aromatic carbocycles. The largest absolute Gasteiger partial charge is 0.493 e. The van der Waals surface area contributed by atoms with Gasteiger partial charge in [0.05, 0.1) is 13.7 Å². The van der Waals surface area contributed by atoms with Gasteiger partial charge in [-0.1, -0.05) is 0 Å². The molecule has 4 bridgehead atoms.